The first kappa shape index (κ1) is 14.1. The maximum absolute atomic E-state index is 11.9. The second-order valence-electron chi connectivity index (χ2n) is 5.18. The summed E-state index contributed by atoms with van der Waals surface area (Å²) >= 11 is 5.81. The summed E-state index contributed by atoms with van der Waals surface area (Å²) < 4.78 is 0. The van der Waals surface area contributed by atoms with Gasteiger partial charge in [-0.05, 0) is 56.6 Å². The van der Waals surface area contributed by atoms with Crippen molar-refractivity contribution in [1.82, 2.24) is 10.6 Å². The molecule has 1 aromatic rings. The van der Waals surface area contributed by atoms with E-state index in [2.05, 4.69) is 17.6 Å². The van der Waals surface area contributed by atoms with Crippen LogP contribution < -0.4 is 10.6 Å². The lowest BCUT2D eigenvalue weighted by molar-refractivity contribution is -0.118. The van der Waals surface area contributed by atoms with Gasteiger partial charge in [-0.15, -0.1) is 0 Å². The van der Waals surface area contributed by atoms with Crippen molar-refractivity contribution in [1.29, 1.82) is 0 Å². The van der Waals surface area contributed by atoms with Crippen LogP contribution in [0.25, 0.3) is 6.08 Å². The monoisotopic (exact) mass is 278 g/mol. The molecule has 1 aliphatic heterocycles. The fourth-order valence-corrected chi connectivity index (χ4v) is 2.31. The largest absolute Gasteiger partial charge is 0.347 e. The van der Waals surface area contributed by atoms with Crippen molar-refractivity contribution >= 4 is 23.6 Å². The standard InChI is InChI=1S/C15H19ClN2O/c1-15(8-10-17-11-9-15)18-14(19)7-4-12-2-5-13(16)6-3-12/h2-7,17H,8-11H2,1H3,(H,18,19)/b7-4+. The Morgan fingerprint density at radius 1 is 1.32 bits per heavy atom. The highest BCUT2D eigenvalue weighted by atomic mass is 35.5. The summed E-state index contributed by atoms with van der Waals surface area (Å²) in [5.41, 5.74) is 0.877. The molecule has 0 bridgehead atoms. The van der Waals surface area contributed by atoms with Crippen LogP contribution in [0.15, 0.2) is 30.3 Å². The summed E-state index contributed by atoms with van der Waals surface area (Å²) in [6, 6.07) is 7.40. The van der Waals surface area contributed by atoms with E-state index in [1.54, 1.807) is 12.2 Å². The van der Waals surface area contributed by atoms with Crippen LogP contribution in [0.3, 0.4) is 0 Å². The third-order valence-corrected chi connectivity index (χ3v) is 3.68. The molecule has 3 nitrogen and oxygen atoms in total. The molecule has 19 heavy (non-hydrogen) atoms. The molecular weight excluding hydrogens is 260 g/mol. The molecule has 1 fully saturated rings. The van der Waals surface area contributed by atoms with E-state index in [0.29, 0.717) is 5.02 Å². The first-order valence-electron chi connectivity index (χ1n) is 6.54. The van der Waals surface area contributed by atoms with Gasteiger partial charge in [0.05, 0.1) is 0 Å². The van der Waals surface area contributed by atoms with Gasteiger partial charge in [-0.25, -0.2) is 0 Å². The second kappa shape index (κ2) is 6.22. The molecule has 102 valence electrons. The number of carbonyl (C=O) groups is 1. The van der Waals surface area contributed by atoms with Gasteiger partial charge >= 0.3 is 0 Å². The Hall–Kier alpha value is -1.32. The molecule has 1 amide bonds. The highest BCUT2D eigenvalue weighted by Gasteiger charge is 2.27. The predicted octanol–water partition coefficient (Wildman–Crippen LogP) is 2.61. The van der Waals surface area contributed by atoms with Crippen LogP contribution in [-0.4, -0.2) is 24.5 Å². The summed E-state index contributed by atoms with van der Waals surface area (Å²) in [7, 11) is 0. The Bertz CT molecular complexity index is 462. The molecule has 2 N–H and O–H groups in total. The number of benzene rings is 1. The van der Waals surface area contributed by atoms with Crippen LogP contribution in [0, 0.1) is 0 Å². The average molecular weight is 279 g/mol. The molecule has 0 radical (unpaired) electrons. The normalized spacial score (nSPS) is 18.4. The Labute approximate surface area is 119 Å². The molecule has 1 saturated heterocycles. The fourth-order valence-electron chi connectivity index (χ4n) is 2.19. The zero-order valence-corrected chi connectivity index (χ0v) is 11.8. The van der Waals surface area contributed by atoms with Crippen molar-refractivity contribution in [2.45, 2.75) is 25.3 Å². The Morgan fingerprint density at radius 3 is 2.58 bits per heavy atom. The van der Waals surface area contributed by atoms with E-state index in [4.69, 9.17) is 11.6 Å². The second-order valence-corrected chi connectivity index (χ2v) is 5.62. The van der Waals surface area contributed by atoms with Gasteiger partial charge < -0.3 is 10.6 Å². The molecule has 4 heteroatoms. The number of nitrogens with one attached hydrogen (secondary N) is 2. The van der Waals surface area contributed by atoms with Gasteiger partial charge in [0.2, 0.25) is 5.91 Å². The van der Waals surface area contributed by atoms with E-state index in [0.717, 1.165) is 31.5 Å². The van der Waals surface area contributed by atoms with Gasteiger partial charge in [-0.3, -0.25) is 4.79 Å². The molecule has 0 atom stereocenters. The molecule has 0 spiro atoms. The average Bonchev–Trinajstić information content (AvgIpc) is 2.38. The molecule has 1 aromatic carbocycles. The number of hydrogen-bond donors (Lipinski definition) is 2. The maximum Gasteiger partial charge on any atom is 0.244 e. The Morgan fingerprint density at radius 2 is 1.95 bits per heavy atom. The predicted molar refractivity (Wildman–Crippen MR) is 79.1 cm³/mol. The van der Waals surface area contributed by atoms with Gasteiger partial charge in [-0.2, -0.15) is 0 Å². The molecule has 1 heterocycles. The SMILES string of the molecule is CC1(NC(=O)/C=C/c2ccc(Cl)cc2)CCNCC1. The highest BCUT2D eigenvalue weighted by molar-refractivity contribution is 6.30. The molecule has 0 aliphatic carbocycles. The lowest BCUT2D eigenvalue weighted by Crippen LogP contribution is -2.51. The van der Waals surface area contributed by atoms with Crippen molar-refractivity contribution in [3.8, 4) is 0 Å². The minimum atomic E-state index is -0.0906. The smallest absolute Gasteiger partial charge is 0.244 e. The fraction of sp³-hybridized carbons (Fsp3) is 0.400. The van der Waals surface area contributed by atoms with E-state index in [-0.39, 0.29) is 11.4 Å². The molecule has 0 saturated carbocycles. The van der Waals surface area contributed by atoms with E-state index < -0.39 is 0 Å². The van der Waals surface area contributed by atoms with Gasteiger partial charge in [0.15, 0.2) is 0 Å². The summed E-state index contributed by atoms with van der Waals surface area (Å²) in [5, 5.41) is 7.08. The number of rotatable bonds is 3. The number of halogens is 1. The summed E-state index contributed by atoms with van der Waals surface area (Å²) in [6.07, 6.45) is 5.31. The van der Waals surface area contributed by atoms with E-state index >= 15 is 0 Å². The minimum absolute atomic E-state index is 0.0423. The van der Waals surface area contributed by atoms with Gasteiger partial charge in [-0.1, -0.05) is 23.7 Å². The summed E-state index contributed by atoms with van der Waals surface area (Å²) in [4.78, 5) is 11.9. The quantitative estimate of drug-likeness (QED) is 0.835. The number of amides is 1. The van der Waals surface area contributed by atoms with Crippen molar-refractivity contribution < 1.29 is 4.79 Å². The van der Waals surface area contributed by atoms with Crippen molar-refractivity contribution in [3.63, 3.8) is 0 Å². The molecule has 0 unspecified atom stereocenters. The zero-order valence-electron chi connectivity index (χ0n) is 11.1. The number of piperidine rings is 1. The number of carbonyl (C=O) groups excluding carboxylic acids is 1. The molecular formula is C15H19ClN2O. The van der Waals surface area contributed by atoms with Crippen molar-refractivity contribution in [2.24, 2.45) is 0 Å². The summed E-state index contributed by atoms with van der Waals surface area (Å²) in [5.74, 6) is -0.0423. The Kier molecular flexibility index (Phi) is 4.61. The minimum Gasteiger partial charge on any atom is -0.347 e. The molecule has 2 rings (SSSR count). The highest BCUT2D eigenvalue weighted by Crippen LogP contribution is 2.17. The van der Waals surface area contributed by atoms with Crippen LogP contribution in [0.4, 0.5) is 0 Å². The van der Waals surface area contributed by atoms with E-state index in [1.165, 1.54) is 0 Å². The van der Waals surface area contributed by atoms with E-state index in [1.807, 2.05) is 24.3 Å². The zero-order chi connectivity index (χ0) is 13.7. The van der Waals surface area contributed by atoms with Crippen molar-refractivity contribution in [2.75, 3.05) is 13.1 Å². The van der Waals surface area contributed by atoms with Gasteiger partial charge in [0.25, 0.3) is 0 Å². The van der Waals surface area contributed by atoms with Gasteiger partial charge in [0, 0.05) is 16.6 Å². The third-order valence-electron chi connectivity index (χ3n) is 3.43. The maximum atomic E-state index is 11.9. The molecule has 1 aliphatic rings. The van der Waals surface area contributed by atoms with Crippen LogP contribution in [0.1, 0.15) is 25.3 Å². The van der Waals surface area contributed by atoms with Crippen LogP contribution in [0.2, 0.25) is 5.02 Å². The first-order chi connectivity index (χ1) is 9.07. The first-order valence-corrected chi connectivity index (χ1v) is 6.92. The number of hydrogen-bond acceptors (Lipinski definition) is 2. The van der Waals surface area contributed by atoms with Crippen molar-refractivity contribution in [3.05, 3.63) is 40.9 Å². The van der Waals surface area contributed by atoms with Crippen LogP contribution in [-0.2, 0) is 4.79 Å². The third kappa shape index (κ3) is 4.37. The topological polar surface area (TPSA) is 41.1 Å². The lowest BCUT2D eigenvalue weighted by Gasteiger charge is -2.34. The van der Waals surface area contributed by atoms with Crippen LogP contribution in [0.5, 0.6) is 0 Å². The van der Waals surface area contributed by atoms with E-state index in [9.17, 15) is 4.79 Å². The lowest BCUT2D eigenvalue weighted by atomic mass is 9.90. The van der Waals surface area contributed by atoms with Gasteiger partial charge in [0.1, 0.15) is 0 Å². The Balaban J connectivity index is 1.91. The molecule has 0 aromatic heterocycles. The van der Waals surface area contributed by atoms with Crippen LogP contribution >= 0.6 is 11.6 Å². The summed E-state index contributed by atoms with van der Waals surface area (Å²) in [6.45, 7) is 4.01.